The van der Waals surface area contributed by atoms with Gasteiger partial charge < -0.3 is 4.74 Å². The predicted molar refractivity (Wildman–Crippen MR) is 79.0 cm³/mol. The van der Waals surface area contributed by atoms with Crippen LogP contribution in [-0.2, 0) is 18.0 Å². The molecule has 2 aromatic carbocycles. The zero-order valence-corrected chi connectivity index (χ0v) is 11.1. The molecule has 2 aromatic rings. The Hall–Kier alpha value is -2.98. The van der Waals surface area contributed by atoms with Crippen molar-refractivity contribution in [3.8, 4) is 0 Å². The Kier molecular flexibility index (Phi) is 5.20. The molecular weight excluding hydrogens is 268 g/mol. The molecule has 2 rings (SSSR count). The van der Waals surface area contributed by atoms with E-state index in [-0.39, 0.29) is 0 Å². The predicted octanol–water partition coefficient (Wildman–Crippen LogP) is 5.29. The Labute approximate surface area is 121 Å². The van der Waals surface area contributed by atoms with Gasteiger partial charge in [0.25, 0.3) is 0 Å². The fourth-order valence-corrected chi connectivity index (χ4v) is 1.71. The molecule has 0 aliphatic heterocycles. The lowest BCUT2D eigenvalue weighted by Crippen LogP contribution is -1.93. The molecule has 0 saturated carbocycles. The average molecular weight is 280 g/mol. The third-order valence-corrected chi connectivity index (χ3v) is 2.73. The second-order valence-electron chi connectivity index (χ2n) is 4.20. The van der Waals surface area contributed by atoms with Gasteiger partial charge in [-0.1, -0.05) is 58.8 Å². The van der Waals surface area contributed by atoms with Crippen LogP contribution >= 0.6 is 0 Å². The molecule has 0 aliphatic carbocycles. The lowest BCUT2D eigenvalue weighted by Gasteiger charge is -2.05. The maximum atomic E-state index is 8.32. The number of rotatable bonds is 6. The molecule has 0 spiro atoms. The standard InChI is InChI=1S/C14H12N6O/c15-19-17-13-5-1-11(2-6-13)9-21-10-12-3-7-14(8-4-12)18-20-16/h1-8H,9-10H2. The van der Waals surface area contributed by atoms with Crippen molar-refractivity contribution < 1.29 is 4.74 Å². The van der Waals surface area contributed by atoms with Crippen LogP contribution < -0.4 is 0 Å². The normalized spacial score (nSPS) is 9.52. The van der Waals surface area contributed by atoms with E-state index < -0.39 is 0 Å². The van der Waals surface area contributed by atoms with Gasteiger partial charge in [-0.3, -0.25) is 0 Å². The molecular formula is C14H12N6O. The first-order valence-electron chi connectivity index (χ1n) is 6.17. The Bertz CT molecular complexity index is 621. The van der Waals surface area contributed by atoms with Crippen LogP contribution in [0.5, 0.6) is 0 Å². The van der Waals surface area contributed by atoms with E-state index >= 15 is 0 Å². The molecule has 104 valence electrons. The molecule has 0 unspecified atom stereocenters. The number of hydrogen-bond acceptors (Lipinski definition) is 3. The van der Waals surface area contributed by atoms with Crippen molar-refractivity contribution in [1.82, 2.24) is 0 Å². The van der Waals surface area contributed by atoms with Gasteiger partial charge in [0, 0.05) is 21.2 Å². The van der Waals surface area contributed by atoms with Gasteiger partial charge >= 0.3 is 0 Å². The number of benzene rings is 2. The van der Waals surface area contributed by atoms with Crippen LogP contribution in [0.4, 0.5) is 11.4 Å². The number of nitrogens with zero attached hydrogens (tertiary/aromatic N) is 6. The van der Waals surface area contributed by atoms with E-state index in [2.05, 4.69) is 20.1 Å². The van der Waals surface area contributed by atoms with Crippen LogP contribution in [0.2, 0.25) is 0 Å². The molecule has 0 radical (unpaired) electrons. The van der Waals surface area contributed by atoms with Crippen molar-refractivity contribution in [2.75, 3.05) is 0 Å². The Balaban J connectivity index is 1.85. The monoisotopic (exact) mass is 280 g/mol. The number of hydrogen-bond donors (Lipinski definition) is 0. The smallest absolute Gasteiger partial charge is 0.0721 e. The minimum absolute atomic E-state index is 0.467. The summed E-state index contributed by atoms with van der Waals surface area (Å²) in [5, 5.41) is 7.01. The molecule has 0 fully saturated rings. The van der Waals surface area contributed by atoms with Crippen LogP contribution in [0.3, 0.4) is 0 Å². The van der Waals surface area contributed by atoms with Crippen molar-refractivity contribution in [2.45, 2.75) is 13.2 Å². The van der Waals surface area contributed by atoms with Crippen molar-refractivity contribution in [3.63, 3.8) is 0 Å². The summed E-state index contributed by atoms with van der Waals surface area (Å²) in [6, 6.07) is 14.4. The second kappa shape index (κ2) is 7.57. The highest BCUT2D eigenvalue weighted by atomic mass is 16.5. The summed E-state index contributed by atoms with van der Waals surface area (Å²) in [6.07, 6.45) is 0. The topological polar surface area (TPSA) is 107 Å². The van der Waals surface area contributed by atoms with Gasteiger partial charge in [-0.05, 0) is 22.2 Å². The molecule has 0 aromatic heterocycles. The van der Waals surface area contributed by atoms with Gasteiger partial charge in [-0.2, -0.15) is 0 Å². The first-order chi connectivity index (χ1) is 10.3. The molecule has 7 heteroatoms. The van der Waals surface area contributed by atoms with E-state index in [1.54, 1.807) is 24.3 Å². The minimum Gasteiger partial charge on any atom is -0.372 e. The van der Waals surface area contributed by atoms with Gasteiger partial charge in [-0.15, -0.1) is 0 Å². The third-order valence-electron chi connectivity index (χ3n) is 2.73. The van der Waals surface area contributed by atoms with Crippen LogP contribution in [0, 0.1) is 0 Å². The molecule has 0 bridgehead atoms. The quantitative estimate of drug-likeness (QED) is 0.400. The molecule has 0 N–H and O–H groups in total. The van der Waals surface area contributed by atoms with Gasteiger partial charge in [0.15, 0.2) is 0 Å². The Morgan fingerprint density at radius 2 is 1.10 bits per heavy atom. The fraction of sp³-hybridized carbons (Fsp3) is 0.143. The summed E-state index contributed by atoms with van der Waals surface area (Å²) in [5.41, 5.74) is 19.8. The van der Waals surface area contributed by atoms with E-state index in [0.29, 0.717) is 24.6 Å². The largest absolute Gasteiger partial charge is 0.372 e. The molecule has 21 heavy (non-hydrogen) atoms. The summed E-state index contributed by atoms with van der Waals surface area (Å²) in [4.78, 5) is 5.44. The summed E-state index contributed by atoms with van der Waals surface area (Å²) < 4.78 is 5.60. The van der Waals surface area contributed by atoms with E-state index in [9.17, 15) is 0 Å². The number of azide groups is 2. The third kappa shape index (κ3) is 4.56. The maximum Gasteiger partial charge on any atom is 0.0721 e. The lowest BCUT2D eigenvalue weighted by molar-refractivity contribution is 0.107. The highest BCUT2D eigenvalue weighted by Crippen LogP contribution is 2.16. The Morgan fingerprint density at radius 1 is 0.714 bits per heavy atom. The zero-order chi connectivity index (χ0) is 14.9. The van der Waals surface area contributed by atoms with Crippen molar-refractivity contribution in [3.05, 3.63) is 80.5 Å². The molecule has 0 aliphatic rings. The maximum absolute atomic E-state index is 8.32. The highest BCUT2D eigenvalue weighted by molar-refractivity contribution is 5.39. The van der Waals surface area contributed by atoms with Crippen molar-refractivity contribution >= 4 is 11.4 Å². The van der Waals surface area contributed by atoms with Crippen LogP contribution in [0.15, 0.2) is 58.8 Å². The molecule has 0 atom stereocenters. The van der Waals surface area contributed by atoms with Gasteiger partial charge in [0.2, 0.25) is 0 Å². The summed E-state index contributed by atoms with van der Waals surface area (Å²) in [6.45, 7) is 0.934. The van der Waals surface area contributed by atoms with Crippen molar-refractivity contribution in [1.29, 1.82) is 0 Å². The second-order valence-corrected chi connectivity index (χ2v) is 4.20. The van der Waals surface area contributed by atoms with E-state index in [1.807, 2.05) is 24.3 Å². The highest BCUT2D eigenvalue weighted by Gasteiger charge is 1.97. The molecule has 0 saturated heterocycles. The molecule has 0 amide bonds. The van der Waals surface area contributed by atoms with E-state index in [1.165, 1.54) is 0 Å². The first kappa shape index (κ1) is 14.4. The van der Waals surface area contributed by atoms with Crippen LogP contribution in [-0.4, -0.2) is 0 Å². The SMILES string of the molecule is [N-]=[N+]=Nc1ccc(COCc2ccc(N=[N+]=[N-])cc2)cc1. The van der Waals surface area contributed by atoms with E-state index in [4.69, 9.17) is 15.8 Å². The lowest BCUT2D eigenvalue weighted by atomic mass is 10.2. The van der Waals surface area contributed by atoms with Crippen molar-refractivity contribution in [2.24, 2.45) is 10.2 Å². The van der Waals surface area contributed by atoms with E-state index in [0.717, 1.165) is 11.1 Å². The molecule has 0 heterocycles. The van der Waals surface area contributed by atoms with Crippen LogP contribution in [0.25, 0.3) is 20.9 Å². The average Bonchev–Trinajstić information content (AvgIpc) is 2.51. The van der Waals surface area contributed by atoms with Gasteiger partial charge in [-0.25, -0.2) is 0 Å². The molecule has 7 nitrogen and oxygen atoms in total. The first-order valence-corrected chi connectivity index (χ1v) is 6.17. The summed E-state index contributed by atoms with van der Waals surface area (Å²) in [7, 11) is 0. The number of ether oxygens (including phenoxy) is 1. The summed E-state index contributed by atoms with van der Waals surface area (Å²) in [5.74, 6) is 0. The Morgan fingerprint density at radius 3 is 1.43 bits per heavy atom. The van der Waals surface area contributed by atoms with Crippen LogP contribution in [0.1, 0.15) is 11.1 Å². The van der Waals surface area contributed by atoms with Gasteiger partial charge in [0.05, 0.1) is 13.2 Å². The zero-order valence-electron chi connectivity index (χ0n) is 11.1. The minimum atomic E-state index is 0.467. The summed E-state index contributed by atoms with van der Waals surface area (Å²) >= 11 is 0. The van der Waals surface area contributed by atoms with Gasteiger partial charge in [0.1, 0.15) is 0 Å². The fourth-order valence-electron chi connectivity index (χ4n) is 1.71.